The lowest BCUT2D eigenvalue weighted by Crippen LogP contribution is -2.17. The molecule has 1 rings (SSSR count). The quantitative estimate of drug-likeness (QED) is 0.328. The molecule has 0 aliphatic heterocycles. The van der Waals surface area contributed by atoms with Crippen LogP contribution in [0.25, 0.3) is 0 Å². The van der Waals surface area contributed by atoms with Crippen molar-refractivity contribution < 1.29 is 9.47 Å². The lowest BCUT2D eigenvalue weighted by atomic mass is 10.1. The third-order valence-corrected chi connectivity index (χ3v) is 2.55. The van der Waals surface area contributed by atoms with Crippen LogP contribution in [0, 0.1) is 0 Å². The molecule has 4 N–H and O–H groups in total. The number of methoxy groups -OCH3 is 1. The van der Waals surface area contributed by atoms with Crippen LogP contribution < -0.4 is 16.6 Å². The molecule has 0 fully saturated rings. The highest BCUT2D eigenvalue weighted by molar-refractivity contribution is 5.56. The highest BCUT2D eigenvalue weighted by atomic mass is 16.5. The van der Waals surface area contributed by atoms with Gasteiger partial charge in [-0.2, -0.15) is 0 Å². The Labute approximate surface area is 113 Å². The summed E-state index contributed by atoms with van der Waals surface area (Å²) < 4.78 is 10.3. The second-order valence-electron chi connectivity index (χ2n) is 3.98. The monoisotopic (exact) mass is 269 g/mol. The van der Waals surface area contributed by atoms with Crippen molar-refractivity contribution in [2.24, 2.45) is 5.84 Å². The van der Waals surface area contributed by atoms with Crippen molar-refractivity contribution >= 4 is 11.6 Å². The van der Waals surface area contributed by atoms with E-state index in [2.05, 4.69) is 27.6 Å². The first-order chi connectivity index (χ1) is 9.33. The van der Waals surface area contributed by atoms with Gasteiger partial charge in [0.2, 0.25) is 0 Å². The number of nitrogens with zero attached hydrogens (tertiary/aromatic N) is 2. The number of nitrogens with two attached hydrogens (primary N) is 1. The van der Waals surface area contributed by atoms with Crippen LogP contribution in [0.2, 0.25) is 0 Å². The van der Waals surface area contributed by atoms with E-state index < -0.39 is 0 Å². The predicted molar refractivity (Wildman–Crippen MR) is 75.0 cm³/mol. The number of nitrogen functional groups attached to an aromatic ring is 1. The van der Waals surface area contributed by atoms with Crippen LogP contribution in [0.15, 0.2) is 6.33 Å². The largest absolute Gasteiger partial charge is 0.382 e. The van der Waals surface area contributed by atoms with Gasteiger partial charge in [-0.05, 0) is 6.42 Å². The van der Waals surface area contributed by atoms with Gasteiger partial charge in [0.05, 0.1) is 19.8 Å². The maximum Gasteiger partial charge on any atom is 0.148 e. The van der Waals surface area contributed by atoms with Crippen LogP contribution in [0.3, 0.4) is 0 Å². The van der Waals surface area contributed by atoms with Crippen molar-refractivity contribution in [3.63, 3.8) is 0 Å². The Hall–Kier alpha value is -1.44. The Morgan fingerprint density at radius 1 is 1.21 bits per heavy atom. The van der Waals surface area contributed by atoms with Gasteiger partial charge in [0, 0.05) is 19.2 Å². The number of hydrogen-bond donors (Lipinski definition) is 3. The molecule has 0 aromatic carbocycles. The number of anilines is 2. The van der Waals surface area contributed by atoms with E-state index in [1.807, 2.05) is 0 Å². The minimum Gasteiger partial charge on any atom is -0.382 e. The third kappa shape index (κ3) is 5.37. The molecule has 0 bridgehead atoms. The van der Waals surface area contributed by atoms with Gasteiger partial charge in [-0.3, -0.25) is 0 Å². The molecule has 0 aliphatic rings. The molecule has 0 atom stereocenters. The molecule has 0 unspecified atom stereocenters. The fourth-order valence-corrected chi connectivity index (χ4v) is 1.66. The van der Waals surface area contributed by atoms with Crippen LogP contribution in [0.5, 0.6) is 0 Å². The first-order valence-corrected chi connectivity index (χ1v) is 6.44. The van der Waals surface area contributed by atoms with Gasteiger partial charge in [-0.15, -0.1) is 0 Å². The second kappa shape index (κ2) is 9.48. The number of rotatable bonds is 10. The summed E-state index contributed by atoms with van der Waals surface area (Å²) in [5.74, 6) is 6.92. The van der Waals surface area contributed by atoms with Crippen LogP contribution in [-0.2, 0) is 15.9 Å². The molecule has 7 nitrogen and oxygen atoms in total. The molecule has 0 aliphatic carbocycles. The van der Waals surface area contributed by atoms with Gasteiger partial charge in [-0.25, -0.2) is 15.8 Å². The van der Waals surface area contributed by atoms with Gasteiger partial charge in [0.25, 0.3) is 0 Å². The van der Waals surface area contributed by atoms with Crippen molar-refractivity contribution in [3.05, 3.63) is 11.9 Å². The van der Waals surface area contributed by atoms with Crippen molar-refractivity contribution in [1.29, 1.82) is 0 Å². The highest BCUT2D eigenvalue weighted by Gasteiger charge is 2.09. The third-order valence-electron chi connectivity index (χ3n) is 2.55. The summed E-state index contributed by atoms with van der Waals surface area (Å²) in [5, 5.41) is 3.24. The van der Waals surface area contributed by atoms with E-state index in [4.69, 9.17) is 15.3 Å². The van der Waals surface area contributed by atoms with E-state index >= 15 is 0 Å². The summed E-state index contributed by atoms with van der Waals surface area (Å²) in [6, 6.07) is 0. The number of hydrogen-bond acceptors (Lipinski definition) is 7. The van der Waals surface area contributed by atoms with E-state index in [0.29, 0.717) is 32.2 Å². The molecular weight excluding hydrogens is 246 g/mol. The molecule has 7 heteroatoms. The standard InChI is InChI=1S/C12H23N5O2/c1-3-4-10-11(15-9-16-12(10)17-13)14-5-6-19-8-7-18-2/h9H,3-8,13H2,1-2H3,(H2,14,15,16,17). The van der Waals surface area contributed by atoms with Crippen molar-refractivity contribution in [2.45, 2.75) is 19.8 Å². The van der Waals surface area contributed by atoms with Crippen LogP contribution in [0.4, 0.5) is 11.6 Å². The zero-order valence-corrected chi connectivity index (χ0v) is 11.6. The Morgan fingerprint density at radius 2 is 2.00 bits per heavy atom. The minimum atomic E-state index is 0.597. The number of nitrogens with one attached hydrogen (secondary N) is 2. The van der Waals surface area contributed by atoms with E-state index in [0.717, 1.165) is 24.2 Å². The first kappa shape index (κ1) is 15.6. The summed E-state index contributed by atoms with van der Waals surface area (Å²) in [7, 11) is 1.65. The number of hydrazine groups is 1. The molecule has 1 aromatic heterocycles. The van der Waals surface area contributed by atoms with Gasteiger partial charge >= 0.3 is 0 Å². The molecular formula is C12H23N5O2. The zero-order chi connectivity index (χ0) is 13.9. The SMILES string of the molecule is CCCc1c(NN)ncnc1NCCOCCOC. The summed E-state index contributed by atoms with van der Waals surface area (Å²) in [5.41, 5.74) is 3.60. The van der Waals surface area contributed by atoms with E-state index in [9.17, 15) is 0 Å². The highest BCUT2D eigenvalue weighted by Crippen LogP contribution is 2.20. The summed E-state index contributed by atoms with van der Waals surface area (Å²) in [6.45, 7) is 4.59. The zero-order valence-electron chi connectivity index (χ0n) is 11.6. The Balaban J connectivity index is 2.47. The maximum atomic E-state index is 5.45. The molecule has 0 amide bonds. The van der Waals surface area contributed by atoms with E-state index in [1.54, 1.807) is 7.11 Å². The average molecular weight is 269 g/mol. The normalized spacial score (nSPS) is 10.5. The molecule has 0 spiro atoms. The Morgan fingerprint density at radius 3 is 2.68 bits per heavy atom. The first-order valence-electron chi connectivity index (χ1n) is 6.44. The summed E-state index contributed by atoms with van der Waals surface area (Å²) in [6.07, 6.45) is 3.36. The van der Waals surface area contributed by atoms with Crippen LogP contribution in [0.1, 0.15) is 18.9 Å². The molecule has 108 valence electrons. The lowest BCUT2D eigenvalue weighted by molar-refractivity contribution is 0.0759. The smallest absolute Gasteiger partial charge is 0.148 e. The van der Waals surface area contributed by atoms with E-state index in [-0.39, 0.29) is 0 Å². The summed E-state index contributed by atoms with van der Waals surface area (Å²) >= 11 is 0. The van der Waals surface area contributed by atoms with Gasteiger partial charge in [0.1, 0.15) is 18.0 Å². The van der Waals surface area contributed by atoms with Crippen molar-refractivity contribution in [1.82, 2.24) is 9.97 Å². The van der Waals surface area contributed by atoms with Gasteiger partial charge in [0.15, 0.2) is 0 Å². The number of aromatic nitrogens is 2. The minimum absolute atomic E-state index is 0.597. The molecule has 0 radical (unpaired) electrons. The fraction of sp³-hybridized carbons (Fsp3) is 0.667. The second-order valence-corrected chi connectivity index (χ2v) is 3.98. The van der Waals surface area contributed by atoms with Gasteiger partial charge < -0.3 is 20.2 Å². The average Bonchev–Trinajstić information content (AvgIpc) is 2.44. The Bertz CT molecular complexity index is 362. The predicted octanol–water partition coefficient (Wildman–Crippen LogP) is 0.790. The van der Waals surface area contributed by atoms with E-state index in [1.165, 1.54) is 6.33 Å². The molecule has 1 aromatic rings. The lowest BCUT2D eigenvalue weighted by Gasteiger charge is -2.13. The molecule has 0 saturated carbocycles. The van der Waals surface area contributed by atoms with Gasteiger partial charge in [-0.1, -0.05) is 13.3 Å². The maximum absolute atomic E-state index is 5.45. The topological polar surface area (TPSA) is 94.3 Å². The summed E-state index contributed by atoms with van der Waals surface area (Å²) in [4.78, 5) is 8.35. The van der Waals surface area contributed by atoms with Crippen molar-refractivity contribution in [3.8, 4) is 0 Å². The Kier molecular flexibility index (Phi) is 7.80. The fourth-order valence-electron chi connectivity index (χ4n) is 1.66. The molecule has 19 heavy (non-hydrogen) atoms. The number of ether oxygens (including phenoxy) is 2. The van der Waals surface area contributed by atoms with Crippen LogP contribution in [-0.4, -0.2) is 43.4 Å². The van der Waals surface area contributed by atoms with Crippen molar-refractivity contribution in [2.75, 3.05) is 44.2 Å². The molecule has 0 saturated heterocycles. The molecule has 1 heterocycles. The van der Waals surface area contributed by atoms with Crippen LogP contribution >= 0.6 is 0 Å².